The molecule has 3 aromatic rings. The topological polar surface area (TPSA) is 42.0 Å². The lowest BCUT2D eigenvalue weighted by atomic mass is 9.87. The Kier molecular flexibility index (Phi) is 4.96. The van der Waals surface area contributed by atoms with Gasteiger partial charge in [0.25, 0.3) is 0 Å². The van der Waals surface area contributed by atoms with Crippen molar-refractivity contribution in [1.29, 1.82) is 0 Å². The number of hydrogen-bond donors (Lipinski definition) is 1. The van der Waals surface area contributed by atoms with E-state index in [2.05, 4.69) is 22.4 Å². The number of rotatable bonds is 4. The number of nitrogens with one attached hydrogen (secondary N) is 1. The second kappa shape index (κ2) is 7.52. The maximum Gasteiger partial charge on any atom is 0.221 e. The van der Waals surface area contributed by atoms with Crippen LogP contribution in [0.15, 0.2) is 76.8 Å². The minimum Gasteiger partial charge on any atom is -0.352 e. The van der Waals surface area contributed by atoms with Gasteiger partial charge in [-0.2, -0.15) is 0 Å². The molecular weight excluding hydrogens is 364 g/mol. The highest BCUT2D eigenvalue weighted by Gasteiger charge is 2.28. The third kappa shape index (κ3) is 3.62. The first kappa shape index (κ1) is 17.1. The highest BCUT2D eigenvalue weighted by Crippen LogP contribution is 2.47. The van der Waals surface area contributed by atoms with Crippen molar-refractivity contribution in [3.8, 4) is 0 Å². The second-order valence-electron chi connectivity index (χ2n) is 6.22. The number of halogens is 1. The van der Waals surface area contributed by atoms with Gasteiger partial charge in [-0.3, -0.25) is 9.78 Å². The molecular formula is C21H17ClN2OS. The first-order valence-electron chi connectivity index (χ1n) is 8.42. The molecule has 1 aliphatic rings. The standard InChI is InChI=1S/C21H17ClN2OS/c22-15-7-8-20-18(10-15)17(16-5-1-2-6-19(16)26-20)11-21(25)24-13-14-4-3-9-23-12-14/h1-10,12,17H,11,13H2,(H,24,25). The van der Waals surface area contributed by atoms with Gasteiger partial charge < -0.3 is 5.32 Å². The quantitative estimate of drug-likeness (QED) is 0.689. The van der Waals surface area contributed by atoms with Crippen molar-refractivity contribution < 1.29 is 4.79 Å². The van der Waals surface area contributed by atoms with Crippen LogP contribution in [-0.4, -0.2) is 10.9 Å². The summed E-state index contributed by atoms with van der Waals surface area (Å²) < 4.78 is 0. The molecule has 1 amide bonds. The Morgan fingerprint density at radius 1 is 1.08 bits per heavy atom. The lowest BCUT2D eigenvalue weighted by Crippen LogP contribution is -2.25. The average molecular weight is 381 g/mol. The molecule has 0 bridgehead atoms. The van der Waals surface area contributed by atoms with Gasteiger partial charge in [-0.05, 0) is 47.0 Å². The van der Waals surface area contributed by atoms with E-state index in [1.54, 1.807) is 24.2 Å². The number of amides is 1. The van der Waals surface area contributed by atoms with Crippen LogP contribution in [0.25, 0.3) is 0 Å². The first-order valence-corrected chi connectivity index (χ1v) is 9.62. The zero-order valence-corrected chi connectivity index (χ0v) is 15.6. The van der Waals surface area contributed by atoms with Crippen LogP contribution >= 0.6 is 23.4 Å². The summed E-state index contributed by atoms with van der Waals surface area (Å²) in [6.07, 6.45) is 3.88. The van der Waals surface area contributed by atoms with Gasteiger partial charge in [-0.15, -0.1) is 0 Å². The van der Waals surface area contributed by atoms with Crippen molar-refractivity contribution in [2.75, 3.05) is 0 Å². The fourth-order valence-electron chi connectivity index (χ4n) is 3.21. The SMILES string of the molecule is O=C(CC1c2ccccc2Sc2ccc(Cl)cc21)NCc1cccnc1. The van der Waals surface area contributed by atoms with Gasteiger partial charge in [-0.1, -0.05) is 47.6 Å². The Morgan fingerprint density at radius 3 is 2.77 bits per heavy atom. The second-order valence-corrected chi connectivity index (χ2v) is 7.74. The number of carbonyl (C=O) groups excluding carboxylic acids is 1. The third-order valence-electron chi connectivity index (χ3n) is 4.46. The van der Waals surface area contributed by atoms with Crippen LogP contribution in [0.5, 0.6) is 0 Å². The normalized spacial score (nSPS) is 15.0. The van der Waals surface area contributed by atoms with Crippen LogP contribution in [-0.2, 0) is 11.3 Å². The molecule has 1 N–H and O–H groups in total. The summed E-state index contributed by atoms with van der Waals surface area (Å²) in [7, 11) is 0. The maximum atomic E-state index is 12.6. The number of benzene rings is 2. The van der Waals surface area contributed by atoms with Crippen LogP contribution in [0.4, 0.5) is 0 Å². The molecule has 1 aliphatic heterocycles. The smallest absolute Gasteiger partial charge is 0.221 e. The van der Waals surface area contributed by atoms with Gasteiger partial charge in [-0.25, -0.2) is 0 Å². The lowest BCUT2D eigenvalue weighted by molar-refractivity contribution is -0.121. The summed E-state index contributed by atoms with van der Waals surface area (Å²) in [6, 6.07) is 18.0. The molecule has 130 valence electrons. The Balaban J connectivity index is 1.57. The van der Waals surface area contributed by atoms with E-state index >= 15 is 0 Å². The number of carbonyl (C=O) groups is 1. The summed E-state index contributed by atoms with van der Waals surface area (Å²) in [5.41, 5.74) is 3.30. The van der Waals surface area contributed by atoms with Crippen molar-refractivity contribution >= 4 is 29.3 Å². The summed E-state index contributed by atoms with van der Waals surface area (Å²) in [5, 5.41) is 3.70. The first-order chi connectivity index (χ1) is 12.7. The largest absolute Gasteiger partial charge is 0.352 e. The minimum atomic E-state index is 0.00930. The van der Waals surface area contributed by atoms with Crippen molar-refractivity contribution in [2.45, 2.75) is 28.7 Å². The summed E-state index contributed by atoms with van der Waals surface area (Å²) >= 11 is 7.96. The van der Waals surface area contributed by atoms with E-state index < -0.39 is 0 Å². The molecule has 0 fully saturated rings. The summed E-state index contributed by atoms with van der Waals surface area (Å²) in [5.74, 6) is 0.0292. The van der Waals surface area contributed by atoms with E-state index in [1.165, 1.54) is 10.5 Å². The van der Waals surface area contributed by atoms with E-state index in [0.29, 0.717) is 18.0 Å². The lowest BCUT2D eigenvalue weighted by Gasteiger charge is -2.27. The minimum absolute atomic E-state index is 0.00930. The Hall–Kier alpha value is -2.30. The van der Waals surface area contributed by atoms with E-state index in [1.807, 2.05) is 42.5 Å². The number of nitrogens with zero attached hydrogens (tertiary/aromatic N) is 1. The summed E-state index contributed by atoms with van der Waals surface area (Å²) in [6.45, 7) is 0.484. The number of pyridine rings is 1. The molecule has 0 aliphatic carbocycles. The van der Waals surface area contributed by atoms with Gasteiger partial charge >= 0.3 is 0 Å². The van der Waals surface area contributed by atoms with Gasteiger partial charge in [0.2, 0.25) is 5.91 Å². The predicted octanol–water partition coefficient (Wildman–Crippen LogP) is 5.04. The van der Waals surface area contributed by atoms with Crippen LogP contribution in [0.1, 0.15) is 29.0 Å². The molecule has 4 rings (SSSR count). The van der Waals surface area contributed by atoms with Gasteiger partial charge in [0.1, 0.15) is 0 Å². The van der Waals surface area contributed by atoms with Gasteiger partial charge in [0, 0.05) is 46.1 Å². The van der Waals surface area contributed by atoms with Gasteiger partial charge in [0.15, 0.2) is 0 Å². The Labute approximate surface area is 161 Å². The summed E-state index contributed by atoms with van der Waals surface area (Å²) in [4.78, 5) is 19.1. The number of aromatic nitrogens is 1. The molecule has 26 heavy (non-hydrogen) atoms. The fourth-order valence-corrected chi connectivity index (χ4v) is 4.56. The van der Waals surface area contributed by atoms with Crippen molar-refractivity contribution in [3.05, 3.63) is 88.7 Å². The molecule has 1 aromatic heterocycles. The van der Waals surface area contributed by atoms with E-state index in [4.69, 9.17) is 11.6 Å². The van der Waals surface area contributed by atoms with Gasteiger partial charge in [0.05, 0.1) is 0 Å². The van der Waals surface area contributed by atoms with Crippen LogP contribution < -0.4 is 5.32 Å². The fraction of sp³-hybridized carbons (Fsp3) is 0.143. The maximum absolute atomic E-state index is 12.6. The molecule has 0 radical (unpaired) electrons. The molecule has 0 spiro atoms. The predicted molar refractivity (Wildman–Crippen MR) is 105 cm³/mol. The highest BCUT2D eigenvalue weighted by molar-refractivity contribution is 7.99. The average Bonchev–Trinajstić information content (AvgIpc) is 2.67. The molecule has 5 heteroatoms. The monoisotopic (exact) mass is 380 g/mol. The van der Waals surface area contributed by atoms with Crippen molar-refractivity contribution in [1.82, 2.24) is 10.3 Å². The third-order valence-corrected chi connectivity index (χ3v) is 5.88. The van der Waals surface area contributed by atoms with Crippen molar-refractivity contribution in [3.63, 3.8) is 0 Å². The van der Waals surface area contributed by atoms with E-state index in [9.17, 15) is 4.79 Å². The molecule has 0 saturated carbocycles. The highest BCUT2D eigenvalue weighted by atomic mass is 35.5. The Morgan fingerprint density at radius 2 is 1.92 bits per heavy atom. The van der Waals surface area contributed by atoms with Crippen LogP contribution in [0.3, 0.4) is 0 Å². The zero-order valence-electron chi connectivity index (χ0n) is 14.0. The van der Waals surface area contributed by atoms with Crippen LogP contribution in [0.2, 0.25) is 5.02 Å². The molecule has 2 aromatic carbocycles. The number of hydrogen-bond acceptors (Lipinski definition) is 3. The number of fused-ring (bicyclic) bond motifs is 2. The van der Waals surface area contributed by atoms with E-state index in [0.717, 1.165) is 16.0 Å². The molecule has 1 unspecified atom stereocenters. The van der Waals surface area contributed by atoms with Crippen molar-refractivity contribution in [2.24, 2.45) is 0 Å². The molecule has 1 atom stereocenters. The zero-order chi connectivity index (χ0) is 17.9. The molecule has 0 saturated heterocycles. The Bertz CT molecular complexity index is 946. The molecule has 3 nitrogen and oxygen atoms in total. The van der Waals surface area contributed by atoms with E-state index in [-0.39, 0.29) is 11.8 Å². The van der Waals surface area contributed by atoms with Crippen LogP contribution in [0, 0.1) is 0 Å². The molecule has 2 heterocycles.